The standard InChI is InChI=1S/C41H50N8O6/c1-41(2,3)55-40(52)49-26-33(22-28-7-6-18-42-23-28)48(39(51)46-31-11-15-35(54-5)16-12-31)27-37(49)36-17-8-29(24-44-36)21-32-25-43-19-20-47(32)38(50)45-30-9-13-34(53-4)14-10-30/h6-18,23-24,32-33,37,43H,19-22,25-27H2,1-5H3,(H,45,50)(H,46,51). The lowest BCUT2D eigenvalue weighted by Crippen LogP contribution is -2.60. The molecule has 5 amide bonds. The molecule has 2 fully saturated rings. The van der Waals surface area contributed by atoms with Crippen molar-refractivity contribution in [3.05, 3.63) is 108 Å². The molecule has 2 aromatic carbocycles. The number of nitrogens with one attached hydrogen (secondary N) is 3. The van der Waals surface area contributed by atoms with Crippen LogP contribution in [0.5, 0.6) is 11.5 Å². The Hall–Kier alpha value is -5.89. The molecule has 0 spiro atoms. The van der Waals surface area contributed by atoms with Crippen LogP contribution in [0.4, 0.5) is 25.8 Å². The summed E-state index contributed by atoms with van der Waals surface area (Å²) in [5, 5.41) is 9.45. The number of aromatic nitrogens is 2. The van der Waals surface area contributed by atoms with Gasteiger partial charge in [0.2, 0.25) is 0 Å². The van der Waals surface area contributed by atoms with Crippen LogP contribution in [-0.2, 0) is 17.6 Å². The highest BCUT2D eigenvalue weighted by Gasteiger charge is 2.42. The Labute approximate surface area is 322 Å². The number of hydrogen-bond acceptors (Lipinski definition) is 9. The molecule has 0 aliphatic carbocycles. The average Bonchev–Trinajstić information content (AvgIpc) is 3.18. The molecule has 6 rings (SSSR count). The third-order valence-corrected chi connectivity index (χ3v) is 9.63. The van der Waals surface area contributed by atoms with Crippen molar-refractivity contribution in [2.24, 2.45) is 0 Å². The van der Waals surface area contributed by atoms with Gasteiger partial charge in [-0.05, 0) is 105 Å². The molecule has 3 unspecified atom stereocenters. The fourth-order valence-electron chi connectivity index (χ4n) is 6.85. The molecule has 0 bridgehead atoms. The van der Waals surface area contributed by atoms with Gasteiger partial charge in [-0.25, -0.2) is 14.4 Å². The van der Waals surface area contributed by atoms with Gasteiger partial charge in [-0.3, -0.25) is 14.9 Å². The summed E-state index contributed by atoms with van der Waals surface area (Å²) in [5.41, 5.74) is 3.05. The van der Waals surface area contributed by atoms with E-state index in [-0.39, 0.29) is 37.2 Å². The second-order valence-electron chi connectivity index (χ2n) is 14.7. The molecule has 3 atom stereocenters. The van der Waals surface area contributed by atoms with Gasteiger partial charge in [-0.1, -0.05) is 12.1 Å². The summed E-state index contributed by atoms with van der Waals surface area (Å²) in [6.07, 6.45) is 5.83. The number of anilines is 2. The number of pyridine rings is 2. The zero-order valence-electron chi connectivity index (χ0n) is 32.0. The summed E-state index contributed by atoms with van der Waals surface area (Å²) in [6, 6.07) is 20.5. The van der Waals surface area contributed by atoms with E-state index in [9.17, 15) is 14.4 Å². The van der Waals surface area contributed by atoms with Gasteiger partial charge in [-0.15, -0.1) is 0 Å². The lowest BCUT2D eigenvalue weighted by Gasteiger charge is -2.46. The third-order valence-electron chi connectivity index (χ3n) is 9.63. The topological polar surface area (TPSA) is 150 Å². The number of benzene rings is 2. The Bertz CT molecular complexity index is 1890. The van der Waals surface area contributed by atoms with Crippen LogP contribution >= 0.6 is 0 Å². The van der Waals surface area contributed by atoms with Gasteiger partial charge >= 0.3 is 18.2 Å². The van der Waals surface area contributed by atoms with Crippen molar-refractivity contribution in [2.75, 3.05) is 57.6 Å². The summed E-state index contributed by atoms with van der Waals surface area (Å²) in [4.78, 5) is 55.8. The normalized spacial score (nSPS) is 18.6. The van der Waals surface area contributed by atoms with Gasteiger partial charge in [-0.2, -0.15) is 0 Å². The predicted molar refractivity (Wildman–Crippen MR) is 209 cm³/mol. The van der Waals surface area contributed by atoms with Crippen LogP contribution in [0.3, 0.4) is 0 Å². The highest BCUT2D eigenvalue weighted by Crippen LogP contribution is 2.31. The first-order valence-electron chi connectivity index (χ1n) is 18.5. The number of piperazine rings is 2. The minimum atomic E-state index is -0.736. The number of carbonyl (C=O) groups is 3. The monoisotopic (exact) mass is 750 g/mol. The first-order chi connectivity index (χ1) is 26.5. The van der Waals surface area contributed by atoms with Crippen LogP contribution in [-0.4, -0.2) is 107 Å². The van der Waals surface area contributed by atoms with Crippen molar-refractivity contribution in [2.45, 2.75) is 57.3 Å². The Morgan fingerprint density at radius 1 is 0.764 bits per heavy atom. The molecule has 2 saturated heterocycles. The SMILES string of the molecule is COc1ccc(NC(=O)N2CCNCC2Cc2ccc(C3CN(C(=O)Nc4ccc(OC)cc4)C(Cc4cccnc4)CN3C(=O)OC(C)(C)C)nc2)cc1. The molecule has 2 aliphatic rings. The summed E-state index contributed by atoms with van der Waals surface area (Å²) in [6.45, 7) is 7.75. The van der Waals surface area contributed by atoms with E-state index in [1.165, 1.54) is 0 Å². The summed E-state index contributed by atoms with van der Waals surface area (Å²) in [7, 11) is 3.19. The molecular weight excluding hydrogens is 701 g/mol. The molecule has 14 nitrogen and oxygen atoms in total. The minimum Gasteiger partial charge on any atom is -0.497 e. The third kappa shape index (κ3) is 10.2. The van der Waals surface area contributed by atoms with Gasteiger partial charge in [0.1, 0.15) is 17.1 Å². The van der Waals surface area contributed by atoms with E-state index in [1.54, 1.807) is 66.9 Å². The van der Waals surface area contributed by atoms with Gasteiger partial charge in [0, 0.05) is 62.7 Å². The van der Waals surface area contributed by atoms with Crippen LogP contribution in [0.1, 0.15) is 43.6 Å². The maximum atomic E-state index is 14.1. The van der Waals surface area contributed by atoms with E-state index < -0.39 is 17.7 Å². The molecule has 14 heteroatoms. The van der Waals surface area contributed by atoms with E-state index in [1.807, 2.05) is 74.2 Å². The van der Waals surface area contributed by atoms with Gasteiger partial charge in [0.05, 0.1) is 38.0 Å². The van der Waals surface area contributed by atoms with Crippen molar-refractivity contribution in [1.82, 2.24) is 30.0 Å². The molecule has 4 aromatic rings. The second-order valence-corrected chi connectivity index (χ2v) is 14.7. The Kier molecular flexibility index (Phi) is 12.4. The summed E-state index contributed by atoms with van der Waals surface area (Å²) >= 11 is 0. The Morgan fingerprint density at radius 2 is 1.38 bits per heavy atom. The van der Waals surface area contributed by atoms with Crippen LogP contribution < -0.4 is 25.4 Å². The molecule has 4 heterocycles. The van der Waals surface area contributed by atoms with E-state index >= 15 is 0 Å². The maximum absolute atomic E-state index is 14.1. The number of ether oxygens (including phenoxy) is 3. The van der Waals surface area contributed by atoms with Gasteiger partial charge in [0.25, 0.3) is 0 Å². The number of methoxy groups -OCH3 is 2. The molecule has 0 saturated carbocycles. The van der Waals surface area contributed by atoms with Crippen LogP contribution in [0.15, 0.2) is 91.4 Å². The summed E-state index contributed by atoms with van der Waals surface area (Å²) < 4.78 is 16.4. The zero-order chi connectivity index (χ0) is 39.0. The van der Waals surface area contributed by atoms with E-state index in [0.29, 0.717) is 61.0 Å². The fourth-order valence-corrected chi connectivity index (χ4v) is 6.85. The number of urea groups is 2. The van der Waals surface area contributed by atoms with Crippen molar-refractivity contribution in [3.8, 4) is 11.5 Å². The minimum absolute atomic E-state index is 0.113. The highest BCUT2D eigenvalue weighted by atomic mass is 16.6. The smallest absolute Gasteiger partial charge is 0.410 e. The molecule has 290 valence electrons. The van der Waals surface area contributed by atoms with Gasteiger partial charge < -0.3 is 40.0 Å². The summed E-state index contributed by atoms with van der Waals surface area (Å²) in [5.74, 6) is 1.39. The molecule has 2 aliphatic heterocycles. The number of carbonyl (C=O) groups excluding carboxylic acids is 3. The van der Waals surface area contributed by atoms with Crippen molar-refractivity contribution < 1.29 is 28.6 Å². The van der Waals surface area contributed by atoms with Gasteiger partial charge in [0.15, 0.2) is 0 Å². The largest absolute Gasteiger partial charge is 0.497 e. The lowest BCUT2D eigenvalue weighted by atomic mass is 9.98. The molecule has 0 radical (unpaired) electrons. The first-order valence-corrected chi connectivity index (χ1v) is 18.5. The maximum Gasteiger partial charge on any atom is 0.410 e. The zero-order valence-corrected chi connectivity index (χ0v) is 32.0. The van der Waals surface area contributed by atoms with Crippen LogP contribution in [0.2, 0.25) is 0 Å². The van der Waals surface area contributed by atoms with Crippen LogP contribution in [0, 0.1) is 0 Å². The fraction of sp³-hybridized carbons (Fsp3) is 0.390. The van der Waals surface area contributed by atoms with Crippen molar-refractivity contribution in [1.29, 1.82) is 0 Å². The Morgan fingerprint density at radius 3 is 1.95 bits per heavy atom. The molecule has 55 heavy (non-hydrogen) atoms. The highest BCUT2D eigenvalue weighted by molar-refractivity contribution is 5.90. The van der Waals surface area contributed by atoms with E-state index in [2.05, 4.69) is 20.9 Å². The molecular formula is C41H50N8O6. The second kappa shape index (κ2) is 17.5. The number of hydrogen-bond donors (Lipinski definition) is 3. The van der Waals surface area contributed by atoms with Crippen molar-refractivity contribution >= 4 is 29.5 Å². The van der Waals surface area contributed by atoms with E-state index in [4.69, 9.17) is 19.2 Å². The Balaban J connectivity index is 1.23. The predicted octanol–water partition coefficient (Wildman–Crippen LogP) is 5.98. The average molecular weight is 751 g/mol. The molecule has 2 aromatic heterocycles. The first kappa shape index (κ1) is 38.8. The lowest BCUT2D eigenvalue weighted by molar-refractivity contribution is -0.00861. The molecule has 3 N–H and O–H groups in total. The number of rotatable bonds is 9. The van der Waals surface area contributed by atoms with Crippen molar-refractivity contribution in [3.63, 3.8) is 0 Å². The number of amides is 5. The quantitative estimate of drug-likeness (QED) is 0.188. The van der Waals surface area contributed by atoms with E-state index in [0.717, 1.165) is 11.1 Å². The van der Waals surface area contributed by atoms with Crippen LogP contribution in [0.25, 0.3) is 0 Å². The number of nitrogens with zero attached hydrogens (tertiary/aromatic N) is 5.